The molecule has 2 aromatic rings. The molecular weight excluding hydrogens is 406 g/mol. The molecule has 1 aliphatic heterocycles. The number of hydrogen-bond donors (Lipinski definition) is 1. The van der Waals surface area contributed by atoms with E-state index in [9.17, 15) is 9.59 Å². The van der Waals surface area contributed by atoms with Crippen molar-refractivity contribution in [3.05, 3.63) is 54.1 Å². The summed E-state index contributed by atoms with van der Waals surface area (Å²) >= 11 is 8.21. The lowest BCUT2D eigenvalue weighted by Crippen LogP contribution is -2.32. The number of rotatable bonds is 2. The molecule has 3 nitrogen and oxygen atoms in total. The van der Waals surface area contributed by atoms with E-state index in [0.29, 0.717) is 23.2 Å². The van der Waals surface area contributed by atoms with E-state index < -0.39 is 0 Å². The van der Waals surface area contributed by atoms with Crippen LogP contribution in [0.25, 0.3) is 0 Å². The predicted octanol–water partition coefficient (Wildman–Crippen LogP) is 3.79. The molecule has 1 N–H and O–H groups in total. The molecule has 0 spiro atoms. The highest BCUT2D eigenvalue weighted by molar-refractivity contribution is 9.12. The second-order valence-electron chi connectivity index (χ2n) is 4.44. The molecule has 3 rings (SSSR count). The molecule has 0 fully saturated rings. The molecule has 2 heterocycles. The lowest BCUT2D eigenvalue weighted by Gasteiger charge is -2.16. The van der Waals surface area contributed by atoms with Crippen molar-refractivity contribution in [1.82, 2.24) is 5.32 Å². The van der Waals surface area contributed by atoms with Gasteiger partial charge in [0.15, 0.2) is 5.78 Å². The average Bonchev–Trinajstić information content (AvgIpc) is 2.77. The largest absolute Gasteiger partial charge is 0.352 e. The minimum atomic E-state index is -0.105. The zero-order valence-corrected chi connectivity index (χ0v) is 14.2. The number of carbonyl (C=O) groups excluding carboxylic acids is 2. The van der Waals surface area contributed by atoms with Gasteiger partial charge in [-0.15, -0.1) is 11.3 Å². The third-order valence-corrected chi connectivity index (χ3v) is 5.54. The Balaban J connectivity index is 2.03. The number of ketones is 1. The van der Waals surface area contributed by atoms with Gasteiger partial charge in [-0.05, 0) is 56.0 Å². The summed E-state index contributed by atoms with van der Waals surface area (Å²) in [6.07, 6.45) is 0.809. The second kappa shape index (κ2) is 5.42. The summed E-state index contributed by atoms with van der Waals surface area (Å²) in [6, 6.07) is 7.13. The predicted molar refractivity (Wildman–Crippen MR) is 85.6 cm³/mol. The first kappa shape index (κ1) is 14.0. The Labute approximate surface area is 136 Å². The van der Waals surface area contributed by atoms with Crippen LogP contribution in [0, 0.1) is 0 Å². The zero-order valence-electron chi connectivity index (χ0n) is 10.2. The maximum atomic E-state index is 12.5. The molecule has 0 radical (unpaired) electrons. The molecule has 1 aromatic carbocycles. The summed E-state index contributed by atoms with van der Waals surface area (Å²) in [5, 5.41) is 2.79. The van der Waals surface area contributed by atoms with Crippen molar-refractivity contribution in [2.24, 2.45) is 0 Å². The van der Waals surface area contributed by atoms with Crippen LogP contribution in [-0.2, 0) is 6.42 Å². The number of nitrogens with one attached hydrogen (secondary N) is 1. The highest BCUT2D eigenvalue weighted by atomic mass is 79.9. The van der Waals surface area contributed by atoms with Gasteiger partial charge in [0.25, 0.3) is 5.91 Å². The Morgan fingerprint density at radius 2 is 2.05 bits per heavy atom. The summed E-state index contributed by atoms with van der Waals surface area (Å²) in [4.78, 5) is 24.3. The fraction of sp³-hybridized carbons (Fsp3) is 0.143. The molecule has 20 heavy (non-hydrogen) atoms. The summed E-state index contributed by atoms with van der Waals surface area (Å²) in [7, 11) is 0. The maximum Gasteiger partial charge on any atom is 0.251 e. The minimum absolute atomic E-state index is 0.0833. The Morgan fingerprint density at radius 1 is 1.25 bits per heavy atom. The van der Waals surface area contributed by atoms with Crippen LogP contribution >= 0.6 is 43.2 Å². The third-order valence-electron chi connectivity index (χ3n) is 3.20. The van der Waals surface area contributed by atoms with E-state index in [1.807, 2.05) is 6.07 Å². The lowest BCUT2D eigenvalue weighted by atomic mass is 9.95. The van der Waals surface area contributed by atoms with Crippen molar-refractivity contribution in [2.45, 2.75) is 6.42 Å². The van der Waals surface area contributed by atoms with Gasteiger partial charge in [-0.3, -0.25) is 9.59 Å². The van der Waals surface area contributed by atoms with E-state index in [1.54, 1.807) is 18.2 Å². The standard InChI is InChI=1S/C14H9Br2NO2S/c15-11-6-10(13(16)20-11)12(18)8-2-1-7-3-4-17-14(19)9(7)5-8/h1-2,5-6H,3-4H2,(H,17,19). The fourth-order valence-electron chi connectivity index (χ4n) is 2.20. The number of carbonyl (C=O) groups is 2. The number of hydrogen-bond acceptors (Lipinski definition) is 3. The van der Waals surface area contributed by atoms with Crippen molar-refractivity contribution in [3.63, 3.8) is 0 Å². The van der Waals surface area contributed by atoms with Gasteiger partial charge in [0.2, 0.25) is 0 Å². The Bertz CT molecular complexity index is 724. The Kier molecular flexibility index (Phi) is 3.79. The van der Waals surface area contributed by atoms with Gasteiger partial charge in [-0.2, -0.15) is 0 Å². The van der Waals surface area contributed by atoms with Crippen LogP contribution in [-0.4, -0.2) is 18.2 Å². The van der Waals surface area contributed by atoms with Gasteiger partial charge in [0, 0.05) is 23.2 Å². The first-order chi connectivity index (χ1) is 9.56. The topological polar surface area (TPSA) is 46.2 Å². The van der Waals surface area contributed by atoms with E-state index >= 15 is 0 Å². The highest BCUT2D eigenvalue weighted by Gasteiger charge is 2.21. The van der Waals surface area contributed by atoms with Gasteiger partial charge in [-0.25, -0.2) is 0 Å². The van der Waals surface area contributed by atoms with E-state index in [0.717, 1.165) is 19.6 Å². The van der Waals surface area contributed by atoms with Crippen LogP contribution in [0.2, 0.25) is 0 Å². The van der Waals surface area contributed by atoms with Crippen LogP contribution in [0.3, 0.4) is 0 Å². The van der Waals surface area contributed by atoms with Gasteiger partial charge < -0.3 is 5.32 Å². The SMILES string of the molecule is O=C1NCCc2ccc(C(=O)c3cc(Br)sc3Br)cc21. The number of halogens is 2. The van der Waals surface area contributed by atoms with E-state index in [-0.39, 0.29) is 11.7 Å². The van der Waals surface area contributed by atoms with Gasteiger partial charge >= 0.3 is 0 Å². The normalized spacial score (nSPS) is 13.8. The molecule has 0 saturated carbocycles. The third kappa shape index (κ3) is 2.47. The first-order valence-corrected chi connectivity index (χ1v) is 8.37. The van der Waals surface area contributed by atoms with Crippen LogP contribution in [0.5, 0.6) is 0 Å². The van der Waals surface area contributed by atoms with E-state index in [1.165, 1.54) is 11.3 Å². The van der Waals surface area contributed by atoms with Crippen LogP contribution in [0.1, 0.15) is 31.8 Å². The van der Waals surface area contributed by atoms with Crippen molar-refractivity contribution in [1.29, 1.82) is 0 Å². The summed E-state index contributed by atoms with van der Waals surface area (Å²) < 4.78 is 1.68. The van der Waals surface area contributed by atoms with Crippen LogP contribution in [0.15, 0.2) is 31.8 Å². The van der Waals surface area contributed by atoms with Crippen molar-refractivity contribution < 1.29 is 9.59 Å². The molecule has 0 aliphatic carbocycles. The first-order valence-electron chi connectivity index (χ1n) is 5.97. The summed E-state index contributed by atoms with van der Waals surface area (Å²) in [5.41, 5.74) is 2.74. The number of fused-ring (bicyclic) bond motifs is 1. The minimum Gasteiger partial charge on any atom is -0.352 e. The second-order valence-corrected chi connectivity index (χ2v) is 8.19. The molecule has 102 valence electrons. The molecule has 1 aliphatic rings. The van der Waals surface area contributed by atoms with Gasteiger partial charge in [-0.1, -0.05) is 12.1 Å². The lowest BCUT2D eigenvalue weighted by molar-refractivity contribution is 0.0946. The molecule has 0 bridgehead atoms. The highest BCUT2D eigenvalue weighted by Crippen LogP contribution is 2.33. The molecular formula is C14H9Br2NO2S. The summed E-state index contributed by atoms with van der Waals surface area (Å²) in [6.45, 7) is 0.655. The average molecular weight is 415 g/mol. The number of thiophene rings is 1. The van der Waals surface area contributed by atoms with Gasteiger partial charge in [0.1, 0.15) is 0 Å². The molecule has 0 atom stereocenters. The van der Waals surface area contributed by atoms with Crippen molar-refractivity contribution in [3.8, 4) is 0 Å². The maximum absolute atomic E-state index is 12.5. The van der Waals surface area contributed by atoms with Crippen molar-refractivity contribution >= 4 is 54.9 Å². The van der Waals surface area contributed by atoms with Gasteiger partial charge in [0.05, 0.1) is 7.57 Å². The fourth-order valence-corrected chi connectivity index (χ4v) is 5.00. The molecule has 0 unspecified atom stereocenters. The number of benzene rings is 1. The Morgan fingerprint density at radius 3 is 2.75 bits per heavy atom. The molecule has 6 heteroatoms. The van der Waals surface area contributed by atoms with Crippen molar-refractivity contribution in [2.75, 3.05) is 6.54 Å². The quantitative estimate of drug-likeness (QED) is 0.760. The molecule has 1 amide bonds. The van der Waals surface area contributed by atoms with Crippen LogP contribution < -0.4 is 5.32 Å². The molecule has 1 aromatic heterocycles. The van der Waals surface area contributed by atoms with E-state index in [4.69, 9.17) is 0 Å². The summed E-state index contributed by atoms with van der Waals surface area (Å²) in [5.74, 6) is -0.188. The zero-order chi connectivity index (χ0) is 14.3. The van der Waals surface area contributed by atoms with E-state index in [2.05, 4.69) is 37.2 Å². The van der Waals surface area contributed by atoms with Crippen LogP contribution in [0.4, 0.5) is 0 Å². The smallest absolute Gasteiger partial charge is 0.251 e. The monoisotopic (exact) mass is 413 g/mol. The molecule has 0 saturated heterocycles. The number of amides is 1. The Hall–Kier alpha value is -0.980.